The van der Waals surface area contributed by atoms with Crippen molar-refractivity contribution >= 4 is 33.6 Å². The lowest BCUT2D eigenvalue weighted by Gasteiger charge is -2.14. The zero-order chi connectivity index (χ0) is 15.3. The number of hydrogen-bond donors (Lipinski definition) is 0. The number of hydrogen-bond acceptors (Lipinski definition) is 7. The number of pyridine rings is 1. The fourth-order valence-electron chi connectivity index (χ4n) is 1.54. The van der Waals surface area contributed by atoms with E-state index in [0.717, 1.165) is 13.3 Å². The van der Waals surface area contributed by atoms with Crippen molar-refractivity contribution in [3.63, 3.8) is 0 Å². The molecule has 20 heavy (non-hydrogen) atoms. The maximum absolute atomic E-state index is 11.9. The van der Waals surface area contributed by atoms with Crippen molar-refractivity contribution in [2.45, 2.75) is 12.8 Å². The van der Waals surface area contributed by atoms with Crippen LogP contribution in [0.1, 0.15) is 18.4 Å². The van der Waals surface area contributed by atoms with Gasteiger partial charge in [0.15, 0.2) is 5.92 Å². The van der Waals surface area contributed by atoms with E-state index in [2.05, 4.69) is 25.7 Å². The summed E-state index contributed by atoms with van der Waals surface area (Å²) in [6.45, 7) is 1.59. The minimum absolute atomic E-state index is 0.0306. The maximum Gasteiger partial charge on any atom is 0.325 e. The minimum atomic E-state index is -1.54. The predicted octanol–water partition coefficient (Wildman–Crippen LogP) is 1.57. The Balaban J connectivity index is 3.44. The molecule has 8 nitrogen and oxygen atoms in total. The molecule has 1 unspecified atom stereocenters. The number of ether oxygens (including phenoxy) is 2. The number of carbonyl (C=O) groups is 2. The van der Waals surface area contributed by atoms with Gasteiger partial charge >= 0.3 is 11.9 Å². The van der Waals surface area contributed by atoms with Gasteiger partial charge in [-0.15, -0.1) is 0 Å². The Hall–Kier alpha value is -2.03. The summed E-state index contributed by atoms with van der Waals surface area (Å²) in [4.78, 5) is 37.6. The van der Waals surface area contributed by atoms with Gasteiger partial charge in [-0.25, -0.2) is 0 Å². The van der Waals surface area contributed by atoms with Crippen molar-refractivity contribution in [3.8, 4) is 0 Å². The Morgan fingerprint density at radius 2 is 2.10 bits per heavy atom. The number of rotatable bonds is 5. The van der Waals surface area contributed by atoms with Crippen LogP contribution in [0.4, 0.5) is 5.69 Å². The van der Waals surface area contributed by atoms with Crippen molar-refractivity contribution in [1.29, 1.82) is 0 Å². The number of esters is 2. The number of nitrogens with zero attached hydrogens (tertiary/aromatic N) is 2. The van der Waals surface area contributed by atoms with Gasteiger partial charge in [0.2, 0.25) is 0 Å². The highest BCUT2D eigenvalue weighted by molar-refractivity contribution is 9.10. The van der Waals surface area contributed by atoms with Crippen molar-refractivity contribution in [3.05, 3.63) is 32.5 Å². The van der Waals surface area contributed by atoms with Gasteiger partial charge in [-0.3, -0.25) is 24.7 Å². The van der Waals surface area contributed by atoms with Gasteiger partial charge in [-0.05, 0) is 22.9 Å². The topological polar surface area (TPSA) is 109 Å². The van der Waals surface area contributed by atoms with E-state index in [1.807, 2.05) is 0 Å². The number of halogens is 1. The number of nitro groups is 1. The van der Waals surface area contributed by atoms with E-state index in [1.54, 1.807) is 6.92 Å². The van der Waals surface area contributed by atoms with Gasteiger partial charge in [0.1, 0.15) is 6.20 Å². The first kappa shape index (κ1) is 16.0. The summed E-state index contributed by atoms with van der Waals surface area (Å²) in [5.74, 6) is -3.41. The van der Waals surface area contributed by atoms with Gasteiger partial charge in [-0.1, -0.05) is 0 Å². The third-order valence-electron chi connectivity index (χ3n) is 2.36. The SMILES string of the molecule is CCOC(=O)C(C(=O)OC)c1c(Br)cncc1[N+](=O)[O-]. The molecule has 1 atom stereocenters. The average molecular weight is 347 g/mol. The summed E-state index contributed by atoms with van der Waals surface area (Å²) >= 11 is 3.05. The molecule has 1 heterocycles. The first-order valence-electron chi connectivity index (χ1n) is 5.46. The van der Waals surface area contributed by atoms with Crippen LogP contribution in [0.25, 0.3) is 0 Å². The van der Waals surface area contributed by atoms with Crippen molar-refractivity contribution in [2.75, 3.05) is 13.7 Å². The molecule has 0 saturated heterocycles. The lowest BCUT2D eigenvalue weighted by molar-refractivity contribution is -0.386. The Kier molecular flexibility index (Phi) is 5.56. The smallest absolute Gasteiger partial charge is 0.325 e. The molecule has 9 heteroatoms. The second kappa shape index (κ2) is 6.94. The van der Waals surface area contributed by atoms with E-state index in [9.17, 15) is 19.7 Å². The van der Waals surface area contributed by atoms with Gasteiger partial charge < -0.3 is 9.47 Å². The Morgan fingerprint density at radius 1 is 1.45 bits per heavy atom. The Bertz CT molecular complexity index is 548. The summed E-state index contributed by atoms with van der Waals surface area (Å²) in [7, 11) is 1.08. The molecule has 0 aliphatic carbocycles. The summed E-state index contributed by atoms with van der Waals surface area (Å²) in [6.07, 6.45) is 2.20. The largest absolute Gasteiger partial charge is 0.468 e. The Labute approximate surface area is 122 Å². The van der Waals surface area contributed by atoms with E-state index in [0.29, 0.717) is 0 Å². The summed E-state index contributed by atoms with van der Waals surface area (Å²) in [5.41, 5.74) is -0.613. The third kappa shape index (κ3) is 3.29. The highest BCUT2D eigenvalue weighted by Crippen LogP contribution is 2.34. The Morgan fingerprint density at radius 3 is 2.60 bits per heavy atom. The molecule has 0 aliphatic rings. The molecular weight excluding hydrogens is 336 g/mol. The number of carbonyl (C=O) groups excluding carboxylic acids is 2. The van der Waals surface area contributed by atoms with Crippen LogP contribution in [-0.4, -0.2) is 35.6 Å². The van der Waals surface area contributed by atoms with Crippen LogP contribution in [-0.2, 0) is 19.1 Å². The van der Waals surface area contributed by atoms with Gasteiger partial charge in [0.25, 0.3) is 5.69 Å². The lowest BCUT2D eigenvalue weighted by atomic mass is 9.99. The van der Waals surface area contributed by atoms with Crippen LogP contribution < -0.4 is 0 Å². The normalized spacial score (nSPS) is 11.6. The first-order chi connectivity index (χ1) is 9.43. The molecule has 0 aliphatic heterocycles. The molecule has 0 bridgehead atoms. The zero-order valence-electron chi connectivity index (χ0n) is 10.7. The molecule has 0 fully saturated rings. The molecular formula is C11H11BrN2O6. The van der Waals surface area contributed by atoms with Crippen molar-refractivity contribution in [2.24, 2.45) is 0 Å². The zero-order valence-corrected chi connectivity index (χ0v) is 12.2. The number of methoxy groups -OCH3 is 1. The van der Waals surface area contributed by atoms with Crippen molar-refractivity contribution < 1.29 is 24.0 Å². The van der Waals surface area contributed by atoms with Gasteiger partial charge in [0, 0.05) is 10.7 Å². The van der Waals surface area contributed by atoms with Crippen molar-refractivity contribution in [1.82, 2.24) is 4.98 Å². The van der Waals surface area contributed by atoms with E-state index in [-0.39, 0.29) is 16.6 Å². The molecule has 1 aromatic heterocycles. The third-order valence-corrected chi connectivity index (χ3v) is 2.99. The van der Waals surface area contributed by atoms with Gasteiger partial charge in [-0.2, -0.15) is 0 Å². The first-order valence-corrected chi connectivity index (χ1v) is 6.25. The average Bonchev–Trinajstić information content (AvgIpc) is 2.40. The molecule has 108 valence electrons. The number of aromatic nitrogens is 1. The van der Waals surface area contributed by atoms with E-state index >= 15 is 0 Å². The highest BCUT2D eigenvalue weighted by Gasteiger charge is 2.38. The van der Waals surface area contributed by atoms with Crippen LogP contribution >= 0.6 is 15.9 Å². The molecule has 0 saturated carbocycles. The fraction of sp³-hybridized carbons (Fsp3) is 0.364. The molecule has 0 radical (unpaired) electrons. The second-order valence-corrected chi connectivity index (χ2v) is 4.37. The molecule has 0 aromatic carbocycles. The van der Waals surface area contributed by atoms with E-state index in [1.165, 1.54) is 6.20 Å². The monoisotopic (exact) mass is 346 g/mol. The molecule has 0 spiro atoms. The highest BCUT2D eigenvalue weighted by atomic mass is 79.9. The van der Waals surface area contributed by atoms with E-state index in [4.69, 9.17) is 4.74 Å². The lowest BCUT2D eigenvalue weighted by Crippen LogP contribution is -2.26. The van der Waals surface area contributed by atoms with Crippen LogP contribution in [0.2, 0.25) is 0 Å². The maximum atomic E-state index is 11.9. The molecule has 1 aromatic rings. The molecule has 0 amide bonds. The van der Waals surface area contributed by atoms with Crippen LogP contribution in [0.5, 0.6) is 0 Å². The van der Waals surface area contributed by atoms with Crippen LogP contribution in [0, 0.1) is 10.1 Å². The van der Waals surface area contributed by atoms with E-state index < -0.39 is 28.5 Å². The summed E-state index contributed by atoms with van der Waals surface area (Å²) in [5, 5.41) is 11.0. The van der Waals surface area contributed by atoms with Crippen LogP contribution in [0.3, 0.4) is 0 Å². The predicted molar refractivity (Wildman–Crippen MR) is 70.0 cm³/mol. The summed E-state index contributed by atoms with van der Waals surface area (Å²) < 4.78 is 9.44. The minimum Gasteiger partial charge on any atom is -0.468 e. The molecule has 1 rings (SSSR count). The van der Waals surface area contributed by atoms with Gasteiger partial charge in [0.05, 0.1) is 24.2 Å². The molecule has 0 N–H and O–H groups in total. The second-order valence-electron chi connectivity index (χ2n) is 3.52. The van der Waals surface area contributed by atoms with Crippen LogP contribution in [0.15, 0.2) is 16.9 Å². The quantitative estimate of drug-likeness (QED) is 0.344. The summed E-state index contributed by atoms with van der Waals surface area (Å²) in [6, 6.07) is 0. The standard InChI is InChI=1S/C11H11BrN2O6/c1-3-20-11(16)9(10(15)19-2)8-6(12)4-13-5-7(8)14(17)18/h4-5,9H,3H2,1-2H3. The fourth-order valence-corrected chi connectivity index (χ4v) is 2.09.